The van der Waals surface area contributed by atoms with Gasteiger partial charge in [-0.15, -0.1) is 0 Å². The van der Waals surface area contributed by atoms with Crippen LogP contribution in [0.25, 0.3) is 10.9 Å². The van der Waals surface area contributed by atoms with Gasteiger partial charge in [0.1, 0.15) is 5.75 Å². The van der Waals surface area contributed by atoms with Gasteiger partial charge < -0.3 is 14.6 Å². The molecule has 3 nitrogen and oxygen atoms in total. The summed E-state index contributed by atoms with van der Waals surface area (Å²) in [4.78, 5) is 0. The van der Waals surface area contributed by atoms with Crippen LogP contribution < -0.4 is 10.1 Å². The van der Waals surface area contributed by atoms with Crippen molar-refractivity contribution in [2.24, 2.45) is 0 Å². The number of aromatic nitrogens is 1. The molecular weight excluding hydrogens is 415 g/mol. The highest BCUT2D eigenvalue weighted by Gasteiger charge is 2.09. The number of nitrogens with zero attached hydrogens (tertiary/aromatic N) is 1. The minimum atomic E-state index is 0.583. The maximum Gasteiger partial charge on any atom is 0.118 e. The van der Waals surface area contributed by atoms with Gasteiger partial charge in [-0.05, 0) is 60.0 Å². The molecule has 0 saturated heterocycles. The molecule has 0 bridgehead atoms. The zero-order chi connectivity index (χ0) is 20.9. The molecule has 0 spiro atoms. The van der Waals surface area contributed by atoms with E-state index >= 15 is 0 Å². The molecule has 0 aliphatic rings. The first-order valence-electron chi connectivity index (χ1n) is 9.98. The van der Waals surface area contributed by atoms with Gasteiger partial charge >= 0.3 is 0 Å². The van der Waals surface area contributed by atoms with Crippen molar-refractivity contribution in [3.05, 3.63) is 99.7 Å². The third kappa shape index (κ3) is 4.81. The van der Waals surface area contributed by atoms with Crippen LogP contribution in [0.1, 0.15) is 16.7 Å². The highest BCUT2D eigenvalue weighted by Crippen LogP contribution is 2.26. The summed E-state index contributed by atoms with van der Waals surface area (Å²) in [5, 5.41) is 6.03. The van der Waals surface area contributed by atoms with E-state index in [1.807, 2.05) is 30.3 Å². The van der Waals surface area contributed by atoms with Crippen molar-refractivity contribution < 1.29 is 4.74 Å². The van der Waals surface area contributed by atoms with Gasteiger partial charge in [0.2, 0.25) is 0 Å². The Morgan fingerprint density at radius 2 is 1.67 bits per heavy atom. The largest absolute Gasteiger partial charge is 0.497 e. The predicted molar refractivity (Wildman–Crippen MR) is 126 cm³/mol. The van der Waals surface area contributed by atoms with Crippen LogP contribution in [0.4, 0.5) is 0 Å². The summed E-state index contributed by atoms with van der Waals surface area (Å²) in [5.74, 6) is 0.890. The van der Waals surface area contributed by atoms with Crippen molar-refractivity contribution >= 4 is 34.1 Å². The molecule has 5 heteroatoms. The molecule has 0 amide bonds. The summed E-state index contributed by atoms with van der Waals surface area (Å²) >= 11 is 12.3. The molecule has 4 aromatic rings. The number of nitrogens with one attached hydrogen (secondary N) is 1. The topological polar surface area (TPSA) is 26.2 Å². The summed E-state index contributed by atoms with van der Waals surface area (Å²) in [7, 11) is 1.69. The molecule has 1 N–H and O–H groups in total. The molecule has 0 saturated carbocycles. The van der Waals surface area contributed by atoms with Crippen LogP contribution in [0, 0.1) is 0 Å². The number of hydrogen-bond donors (Lipinski definition) is 1. The Hall–Kier alpha value is -2.46. The Morgan fingerprint density at radius 3 is 2.43 bits per heavy atom. The third-order valence-electron chi connectivity index (χ3n) is 5.27. The van der Waals surface area contributed by atoms with Crippen molar-refractivity contribution in [3.63, 3.8) is 0 Å². The van der Waals surface area contributed by atoms with E-state index in [0.29, 0.717) is 10.0 Å². The van der Waals surface area contributed by atoms with E-state index in [1.54, 1.807) is 7.11 Å². The highest BCUT2D eigenvalue weighted by atomic mass is 35.5. The summed E-state index contributed by atoms with van der Waals surface area (Å²) in [6.07, 6.45) is 3.21. The van der Waals surface area contributed by atoms with Crippen LogP contribution in [0.15, 0.2) is 72.9 Å². The molecular formula is C25H24Cl2N2O. The Morgan fingerprint density at radius 1 is 0.900 bits per heavy atom. The molecule has 0 fully saturated rings. The van der Waals surface area contributed by atoms with Gasteiger partial charge in [-0.2, -0.15) is 0 Å². The van der Waals surface area contributed by atoms with Crippen molar-refractivity contribution in [1.29, 1.82) is 0 Å². The van der Waals surface area contributed by atoms with Gasteiger partial charge in [0, 0.05) is 30.2 Å². The second-order valence-electron chi connectivity index (χ2n) is 7.32. The lowest BCUT2D eigenvalue weighted by atomic mass is 10.1. The molecule has 30 heavy (non-hydrogen) atoms. The lowest BCUT2D eigenvalue weighted by molar-refractivity contribution is 0.414. The Balaban J connectivity index is 1.44. The first kappa shape index (κ1) is 20.8. The summed E-state index contributed by atoms with van der Waals surface area (Å²) < 4.78 is 7.49. The van der Waals surface area contributed by atoms with Crippen molar-refractivity contribution in [1.82, 2.24) is 9.88 Å². The molecule has 0 unspecified atom stereocenters. The van der Waals surface area contributed by atoms with E-state index in [0.717, 1.165) is 37.4 Å². The number of para-hydroxylation sites is 1. The maximum atomic E-state index is 6.20. The molecule has 0 radical (unpaired) electrons. The lowest BCUT2D eigenvalue weighted by Gasteiger charge is -2.07. The first-order chi connectivity index (χ1) is 14.6. The van der Waals surface area contributed by atoms with Crippen LogP contribution in [0.2, 0.25) is 10.0 Å². The fourth-order valence-electron chi connectivity index (χ4n) is 3.68. The molecule has 0 atom stereocenters. The quantitative estimate of drug-likeness (QED) is 0.325. The fourth-order valence-corrected chi connectivity index (χ4v) is 4.00. The van der Waals surface area contributed by atoms with Gasteiger partial charge in [-0.25, -0.2) is 0 Å². The maximum absolute atomic E-state index is 6.20. The Bertz CT molecular complexity index is 1140. The first-order valence-corrected chi connectivity index (χ1v) is 10.7. The summed E-state index contributed by atoms with van der Waals surface area (Å²) in [6.45, 7) is 2.49. The van der Waals surface area contributed by atoms with Crippen LogP contribution in [0.3, 0.4) is 0 Å². The molecule has 154 valence electrons. The van der Waals surface area contributed by atoms with Crippen LogP contribution >= 0.6 is 23.2 Å². The van der Waals surface area contributed by atoms with E-state index in [4.69, 9.17) is 27.9 Å². The minimum absolute atomic E-state index is 0.583. The fraction of sp³-hybridized carbons (Fsp3) is 0.200. The monoisotopic (exact) mass is 438 g/mol. The number of rotatable bonds is 8. The van der Waals surface area contributed by atoms with Crippen LogP contribution in [-0.2, 0) is 19.5 Å². The number of benzene rings is 3. The number of fused-ring (bicyclic) bond motifs is 1. The van der Waals surface area contributed by atoms with Gasteiger partial charge in [0.05, 0.1) is 17.2 Å². The third-order valence-corrected chi connectivity index (χ3v) is 6.01. The Kier molecular flexibility index (Phi) is 6.63. The zero-order valence-corrected chi connectivity index (χ0v) is 18.4. The average Bonchev–Trinajstić information content (AvgIpc) is 3.12. The summed E-state index contributed by atoms with van der Waals surface area (Å²) in [6, 6.07) is 22.6. The standard InChI is InChI=1S/C25H24Cl2N2O/c1-30-21-9-6-18(7-10-21)12-13-28-15-20-17-29(25-5-3-2-4-22(20)25)16-19-8-11-23(26)24(27)14-19/h2-11,14,17,28H,12-13,15-16H2,1H3. The number of hydrogen-bond acceptors (Lipinski definition) is 2. The van der Waals surface area contributed by atoms with Crippen LogP contribution in [-0.4, -0.2) is 18.2 Å². The SMILES string of the molecule is COc1ccc(CCNCc2cn(Cc3ccc(Cl)c(Cl)c3)c3ccccc23)cc1. The molecule has 1 heterocycles. The highest BCUT2D eigenvalue weighted by molar-refractivity contribution is 6.42. The molecule has 4 rings (SSSR count). The van der Waals surface area contributed by atoms with E-state index in [-0.39, 0.29) is 0 Å². The number of methoxy groups -OCH3 is 1. The summed E-state index contributed by atoms with van der Waals surface area (Å²) in [5.41, 5.74) is 4.94. The van der Waals surface area contributed by atoms with Crippen LogP contribution in [0.5, 0.6) is 5.75 Å². The van der Waals surface area contributed by atoms with Crippen molar-refractivity contribution in [3.8, 4) is 5.75 Å². The molecule has 0 aliphatic heterocycles. The second-order valence-corrected chi connectivity index (χ2v) is 8.14. The predicted octanol–water partition coefficient (Wildman–Crippen LogP) is 6.34. The smallest absolute Gasteiger partial charge is 0.118 e. The number of halogens is 2. The normalized spacial score (nSPS) is 11.2. The number of ether oxygens (including phenoxy) is 1. The average molecular weight is 439 g/mol. The molecule has 1 aromatic heterocycles. The zero-order valence-electron chi connectivity index (χ0n) is 16.9. The molecule has 3 aromatic carbocycles. The van der Waals surface area contributed by atoms with Crippen molar-refractivity contribution in [2.45, 2.75) is 19.5 Å². The van der Waals surface area contributed by atoms with Gasteiger partial charge in [0.25, 0.3) is 0 Å². The van der Waals surface area contributed by atoms with E-state index in [9.17, 15) is 0 Å². The lowest BCUT2D eigenvalue weighted by Crippen LogP contribution is -2.16. The second kappa shape index (κ2) is 9.57. The Labute approximate surface area is 187 Å². The van der Waals surface area contributed by atoms with Gasteiger partial charge in [0.15, 0.2) is 0 Å². The van der Waals surface area contributed by atoms with Gasteiger partial charge in [-0.1, -0.05) is 59.6 Å². The van der Waals surface area contributed by atoms with E-state index in [2.05, 4.69) is 52.5 Å². The van der Waals surface area contributed by atoms with Gasteiger partial charge in [-0.3, -0.25) is 0 Å². The minimum Gasteiger partial charge on any atom is -0.497 e. The van der Waals surface area contributed by atoms with E-state index < -0.39 is 0 Å². The van der Waals surface area contributed by atoms with E-state index in [1.165, 1.54) is 22.0 Å². The van der Waals surface area contributed by atoms with Crippen molar-refractivity contribution in [2.75, 3.05) is 13.7 Å². The molecule has 0 aliphatic carbocycles.